The van der Waals surface area contributed by atoms with E-state index < -0.39 is 11.8 Å². The highest BCUT2D eigenvalue weighted by molar-refractivity contribution is 6.19. The van der Waals surface area contributed by atoms with E-state index in [-0.39, 0.29) is 11.1 Å². The van der Waals surface area contributed by atoms with E-state index in [1.807, 2.05) is 42.5 Å². The summed E-state index contributed by atoms with van der Waals surface area (Å²) in [6.07, 6.45) is 1.56. The van der Waals surface area contributed by atoms with Gasteiger partial charge in [0.25, 0.3) is 11.8 Å². The predicted molar refractivity (Wildman–Crippen MR) is 88.2 cm³/mol. The lowest BCUT2D eigenvalue weighted by Crippen LogP contribution is -2.39. The Bertz CT molecular complexity index is 927. The molecule has 1 aliphatic rings. The fourth-order valence-corrected chi connectivity index (χ4v) is 2.53. The van der Waals surface area contributed by atoms with Gasteiger partial charge in [0.2, 0.25) is 0 Å². The number of carbonyl (C=O) groups is 2. The van der Waals surface area contributed by atoms with Crippen molar-refractivity contribution in [3.8, 4) is 17.4 Å². The highest BCUT2D eigenvalue weighted by atomic mass is 16.3. The number of hydrogen-bond donors (Lipinski definition) is 0. The van der Waals surface area contributed by atoms with E-state index in [0.717, 1.165) is 10.5 Å². The lowest BCUT2D eigenvalue weighted by Gasteiger charge is -2.23. The molecule has 0 radical (unpaired) electrons. The van der Waals surface area contributed by atoms with Crippen LogP contribution in [0.4, 0.5) is 0 Å². The van der Waals surface area contributed by atoms with E-state index in [2.05, 4.69) is 0 Å². The van der Waals surface area contributed by atoms with E-state index in [4.69, 9.17) is 9.68 Å². The third-order valence-electron chi connectivity index (χ3n) is 3.92. The van der Waals surface area contributed by atoms with E-state index in [1.54, 1.807) is 19.1 Å². The van der Waals surface area contributed by atoms with E-state index >= 15 is 0 Å². The first-order valence-electron chi connectivity index (χ1n) is 7.33. The largest absolute Gasteiger partial charge is 0.457 e. The summed E-state index contributed by atoms with van der Waals surface area (Å²) < 4.78 is 5.76. The molecule has 0 spiro atoms. The topological polar surface area (TPSA) is 74.3 Å². The summed E-state index contributed by atoms with van der Waals surface area (Å²) in [6.45, 7) is 1.59. The lowest BCUT2D eigenvalue weighted by molar-refractivity contribution is -0.138. The lowest BCUT2D eigenvalue weighted by atomic mass is 9.95. The molecule has 0 aliphatic carbocycles. The Labute approximate surface area is 139 Å². The molecule has 1 aromatic carbocycles. The van der Waals surface area contributed by atoms with Gasteiger partial charge in [-0.15, -0.1) is 0 Å². The molecule has 0 saturated carbocycles. The van der Waals surface area contributed by atoms with Gasteiger partial charge in [-0.3, -0.25) is 14.5 Å². The summed E-state index contributed by atoms with van der Waals surface area (Å²) in [5.41, 5.74) is 1.54. The zero-order chi connectivity index (χ0) is 17.3. The van der Waals surface area contributed by atoms with Crippen LogP contribution in [0.15, 0.2) is 63.6 Å². The van der Waals surface area contributed by atoms with Gasteiger partial charge in [-0.05, 0) is 30.7 Å². The number of hydrogen-bond acceptors (Lipinski definition) is 4. The van der Waals surface area contributed by atoms with Gasteiger partial charge in [-0.25, -0.2) is 0 Å². The maximum absolute atomic E-state index is 12.3. The second kappa shape index (κ2) is 6.01. The molecule has 0 saturated heterocycles. The molecule has 2 heterocycles. The Morgan fingerprint density at radius 2 is 1.79 bits per heavy atom. The Hall–Kier alpha value is -3.39. The fourth-order valence-electron chi connectivity index (χ4n) is 2.53. The minimum Gasteiger partial charge on any atom is -0.457 e. The Kier molecular flexibility index (Phi) is 3.88. The molecule has 0 atom stereocenters. The standard InChI is InChI=1S/C19H14N2O3/c1-12-15(18(22)21(2)19(23)16(12)11-20)10-14-8-9-17(24-14)13-6-4-3-5-7-13/h3-10H,1-2H3/b15-10+. The first-order chi connectivity index (χ1) is 11.5. The monoisotopic (exact) mass is 318 g/mol. The summed E-state index contributed by atoms with van der Waals surface area (Å²) in [4.78, 5) is 25.2. The van der Waals surface area contributed by atoms with Gasteiger partial charge >= 0.3 is 0 Å². The van der Waals surface area contributed by atoms with Crippen molar-refractivity contribution in [2.45, 2.75) is 6.92 Å². The summed E-state index contributed by atoms with van der Waals surface area (Å²) in [5, 5.41) is 9.16. The number of benzene rings is 1. The quantitative estimate of drug-likeness (QED) is 0.629. The highest BCUT2D eigenvalue weighted by Gasteiger charge is 2.33. The molecule has 0 unspecified atom stereocenters. The molecule has 5 nitrogen and oxygen atoms in total. The van der Waals surface area contributed by atoms with Crippen LogP contribution in [0, 0.1) is 11.3 Å². The van der Waals surface area contributed by atoms with Gasteiger partial charge < -0.3 is 4.42 Å². The smallest absolute Gasteiger partial charge is 0.271 e. The molecule has 24 heavy (non-hydrogen) atoms. The molecule has 0 fully saturated rings. The van der Waals surface area contributed by atoms with Crippen LogP contribution >= 0.6 is 0 Å². The van der Waals surface area contributed by atoms with Crippen molar-refractivity contribution in [1.29, 1.82) is 5.26 Å². The number of nitriles is 1. The first-order valence-corrected chi connectivity index (χ1v) is 7.33. The molecular formula is C19H14N2O3. The average Bonchev–Trinajstić information content (AvgIpc) is 3.07. The number of furan rings is 1. The molecule has 3 rings (SSSR count). The van der Waals surface area contributed by atoms with Crippen LogP contribution in [-0.2, 0) is 9.59 Å². The van der Waals surface area contributed by atoms with Crippen LogP contribution in [-0.4, -0.2) is 23.8 Å². The van der Waals surface area contributed by atoms with Gasteiger partial charge in [-0.2, -0.15) is 5.26 Å². The third-order valence-corrected chi connectivity index (χ3v) is 3.92. The van der Waals surface area contributed by atoms with Crippen LogP contribution in [0.3, 0.4) is 0 Å². The van der Waals surface area contributed by atoms with Gasteiger partial charge in [-0.1, -0.05) is 30.3 Å². The summed E-state index contributed by atoms with van der Waals surface area (Å²) in [6, 6.07) is 15.0. The van der Waals surface area contributed by atoms with Crippen molar-refractivity contribution < 1.29 is 14.0 Å². The van der Waals surface area contributed by atoms with Crippen LogP contribution in [0.2, 0.25) is 0 Å². The highest BCUT2D eigenvalue weighted by Crippen LogP contribution is 2.28. The molecular weight excluding hydrogens is 304 g/mol. The predicted octanol–water partition coefficient (Wildman–Crippen LogP) is 3.17. The van der Waals surface area contributed by atoms with Gasteiger partial charge in [0.1, 0.15) is 23.2 Å². The minimum atomic E-state index is -0.582. The third kappa shape index (κ3) is 2.55. The molecule has 5 heteroatoms. The van der Waals surface area contributed by atoms with E-state index in [1.165, 1.54) is 7.05 Å². The Morgan fingerprint density at radius 1 is 1.08 bits per heavy atom. The van der Waals surface area contributed by atoms with Gasteiger partial charge in [0.05, 0.1) is 0 Å². The van der Waals surface area contributed by atoms with E-state index in [0.29, 0.717) is 17.1 Å². The minimum absolute atomic E-state index is 0.0295. The Morgan fingerprint density at radius 3 is 2.46 bits per heavy atom. The number of carbonyl (C=O) groups excluding carboxylic acids is 2. The molecule has 1 aliphatic heterocycles. The SMILES string of the molecule is CC1=C(C#N)C(=O)N(C)C(=O)/C1=C/c1ccc(-c2ccccc2)o1. The number of rotatable bonds is 2. The zero-order valence-corrected chi connectivity index (χ0v) is 13.2. The van der Waals surface area contributed by atoms with Crippen LogP contribution < -0.4 is 0 Å². The van der Waals surface area contributed by atoms with E-state index in [9.17, 15) is 9.59 Å². The molecule has 0 bridgehead atoms. The summed E-state index contributed by atoms with van der Waals surface area (Å²) in [5.74, 6) is 0.129. The molecule has 118 valence electrons. The van der Waals surface area contributed by atoms with Crippen molar-refractivity contribution in [3.63, 3.8) is 0 Å². The molecule has 2 aromatic rings. The van der Waals surface area contributed by atoms with Gasteiger partial charge in [0.15, 0.2) is 0 Å². The average molecular weight is 318 g/mol. The normalized spacial score (nSPS) is 16.7. The van der Waals surface area contributed by atoms with Crippen LogP contribution in [0.5, 0.6) is 0 Å². The van der Waals surface area contributed by atoms with Crippen molar-refractivity contribution in [2.24, 2.45) is 0 Å². The number of nitrogens with zero attached hydrogens (tertiary/aromatic N) is 2. The van der Waals surface area contributed by atoms with Gasteiger partial charge in [0, 0.05) is 18.2 Å². The van der Waals surface area contributed by atoms with Crippen molar-refractivity contribution in [2.75, 3.05) is 7.05 Å². The number of amides is 2. The maximum atomic E-state index is 12.3. The molecule has 0 N–H and O–H groups in total. The second-order valence-electron chi connectivity index (χ2n) is 5.41. The van der Waals surface area contributed by atoms with Crippen molar-refractivity contribution in [3.05, 3.63) is 64.9 Å². The van der Waals surface area contributed by atoms with Crippen molar-refractivity contribution >= 4 is 17.9 Å². The maximum Gasteiger partial charge on any atom is 0.271 e. The van der Waals surface area contributed by atoms with Crippen LogP contribution in [0.25, 0.3) is 17.4 Å². The molecule has 2 amide bonds. The Balaban J connectivity index is 2.04. The first kappa shape index (κ1) is 15.5. The number of likely N-dealkylation sites (N-methyl/N-ethyl adjacent to an activating group) is 1. The summed E-state index contributed by atoms with van der Waals surface area (Å²) in [7, 11) is 1.36. The second-order valence-corrected chi connectivity index (χ2v) is 5.41. The van der Waals surface area contributed by atoms with Crippen LogP contribution in [0.1, 0.15) is 12.7 Å². The summed E-state index contributed by atoms with van der Waals surface area (Å²) >= 11 is 0. The zero-order valence-electron chi connectivity index (χ0n) is 13.2. The van der Waals surface area contributed by atoms with Crippen molar-refractivity contribution in [1.82, 2.24) is 4.90 Å². The fraction of sp³-hybridized carbons (Fsp3) is 0.105. The number of imide groups is 1. The molecule has 1 aromatic heterocycles.